The van der Waals surface area contributed by atoms with Gasteiger partial charge in [0.1, 0.15) is 67.1 Å². The lowest BCUT2D eigenvalue weighted by Gasteiger charge is -2.61. The fourth-order valence-electron chi connectivity index (χ4n) is 14.1. The monoisotopic (exact) mass is 872 g/mol. The lowest BCUT2D eigenvalue weighted by atomic mass is 9.44. The van der Waals surface area contributed by atoms with E-state index in [1.54, 1.807) is 0 Å². The molecule has 350 valence electrons. The van der Waals surface area contributed by atoms with E-state index in [0.29, 0.717) is 35.5 Å². The van der Waals surface area contributed by atoms with Gasteiger partial charge in [0.05, 0.1) is 38.1 Å². The molecule has 17 nitrogen and oxygen atoms in total. The molecule has 0 unspecified atom stereocenters. The normalized spacial score (nSPS) is 58.5. The van der Waals surface area contributed by atoms with Crippen LogP contribution in [0.5, 0.6) is 0 Å². The number of aliphatic hydroxyl groups is 9. The zero-order valence-corrected chi connectivity index (χ0v) is 36.0. The molecule has 4 saturated carbocycles. The third kappa shape index (κ3) is 7.78. The van der Waals surface area contributed by atoms with E-state index in [1.807, 2.05) is 0 Å². The van der Waals surface area contributed by atoms with Crippen LogP contribution in [0.2, 0.25) is 0 Å². The number of ether oxygens (including phenoxy) is 8. The molecule has 61 heavy (non-hydrogen) atoms. The summed E-state index contributed by atoms with van der Waals surface area (Å²) in [6, 6.07) is 0. The lowest BCUT2D eigenvalue weighted by molar-refractivity contribution is -0.384. The number of rotatable bonds is 8. The summed E-state index contributed by atoms with van der Waals surface area (Å²) in [6.07, 6.45) is -10.9. The minimum absolute atomic E-state index is 0.139. The van der Waals surface area contributed by atoms with Crippen molar-refractivity contribution in [2.45, 2.75) is 208 Å². The fourth-order valence-corrected chi connectivity index (χ4v) is 14.1. The number of aliphatic hydroxyl groups excluding tert-OH is 9. The van der Waals surface area contributed by atoms with Gasteiger partial charge in [0.25, 0.3) is 0 Å². The van der Waals surface area contributed by atoms with Crippen molar-refractivity contribution in [1.29, 1.82) is 0 Å². The smallest absolute Gasteiger partial charge is 0.187 e. The molecule has 5 heterocycles. The van der Waals surface area contributed by atoms with Gasteiger partial charge in [0.2, 0.25) is 0 Å². The zero-order chi connectivity index (χ0) is 43.3. The molecule has 9 rings (SSSR count). The number of hydrogen-bond donors (Lipinski definition) is 9. The maximum atomic E-state index is 11.4. The van der Waals surface area contributed by atoms with Crippen molar-refractivity contribution in [3.8, 4) is 0 Å². The summed E-state index contributed by atoms with van der Waals surface area (Å²) in [7, 11) is 0. The molecular formula is C44H72O17. The number of hydrogen-bond acceptors (Lipinski definition) is 17. The van der Waals surface area contributed by atoms with Crippen LogP contribution < -0.4 is 0 Å². The Morgan fingerprint density at radius 2 is 1.21 bits per heavy atom. The highest BCUT2D eigenvalue weighted by atomic mass is 16.8. The van der Waals surface area contributed by atoms with E-state index in [2.05, 4.69) is 20.8 Å². The second-order valence-electron chi connectivity index (χ2n) is 21.1. The van der Waals surface area contributed by atoms with Crippen LogP contribution in [0.15, 0.2) is 0 Å². The minimum atomic E-state index is -1.79. The van der Waals surface area contributed by atoms with Crippen molar-refractivity contribution >= 4 is 0 Å². The topological polar surface area (TPSA) is 256 Å². The summed E-state index contributed by atoms with van der Waals surface area (Å²) >= 11 is 0. The predicted octanol–water partition coefficient (Wildman–Crippen LogP) is 0.0480. The van der Waals surface area contributed by atoms with E-state index in [-0.39, 0.29) is 28.8 Å². The van der Waals surface area contributed by atoms with Crippen molar-refractivity contribution in [2.75, 3.05) is 19.8 Å². The van der Waals surface area contributed by atoms with Gasteiger partial charge in [-0.25, -0.2) is 0 Å². The molecule has 5 saturated heterocycles. The van der Waals surface area contributed by atoms with E-state index >= 15 is 0 Å². The van der Waals surface area contributed by atoms with Crippen LogP contribution in [-0.4, -0.2) is 176 Å². The Bertz CT molecular complexity index is 1520. The highest BCUT2D eigenvalue weighted by Gasteiger charge is 2.67. The highest BCUT2D eigenvalue weighted by Crippen LogP contribution is 2.70. The standard InChI is InChI=1S/C44H72O17/c1-19-7-12-44(54-18-19)15-26-27(61-44)14-25-23-6-5-21-13-22(8-10-42(21,3)24(23)9-11-43(25,26)4)56-41-38(33(50)31(48)29(17-46)58-41)60-39-36(53)34(51)37(20(2)55-39)59-40-35(52)32(49)30(47)28(16-45)57-40/h19-41,45-53H,5-18H2,1-4H3/t19-,20+,21-,22-,23-,24+,25-,26+,27+,28-,29-,30-,31-,32+,33+,34+,35-,36-,37+,38-,39+,40+,41-,42-,43-,44-/m1/s1. The number of fused-ring (bicyclic) bond motifs is 7. The first-order valence-corrected chi connectivity index (χ1v) is 23.2. The third-order valence-electron chi connectivity index (χ3n) is 17.7. The van der Waals surface area contributed by atoms with E-state index in [0.717, 1.165) is 64.4 Å². The molecule has 4 aliphatic carbocycles. The zero-order valence-electron chi connectivity index (χ0n) is 36.0. The molecule has 9 aliphatic rings. The average Bonchev–Trinajstić information content (AvgIpc) is 3.74. The van der Waals surface area contributed by atoms with Gasteiger partial charge >= 0.3 is 0 Å². The Balaban J connectivity index is 0.839. The molecule has 17 heteroatoms. The van der Waals surface area contributed by atoms with Crippen molar-refractivity contribution < 1.29 is 83.9 Å². The SMILES string of the molecule is C[C@@H]1CC[C@@]2(C[C@H]3[C@H](C[C@@H]4[C@@H]5CC[C@@H]6C[C@H](O[C@@H]7O[C@H](CO)[C@@H](O)[C@H](O)[C@H]7O[C@@H]7O[C@@H](C)[C@H](O[C@@H]8O[C@H](CO)[C@@H](O)[C@H](O)[C@H]8O)[C@@H](O)[C@H]7O)CC[C@@]6(C)[C@H]5CC[C@]43C)O2)OC1. The Morgan fingerprint density at radius 1 is 0.574 bits per heavy atom. The highest BCUT2D eigenvalue weighted by molar-refractivity contribution is 5.14. The van der Waals surface area contributed by atoms with Crippen LogP contribution in [-0.2, 0) is 37.9 Å². The summed E-state index contributed by atoms with van der Waals surface area (Å²) < 4.78 is 49.3. The molecule has 0 bridgehead atoms. The third-order valence-corrected chi connectivity index (χ3v) is 17.7. The van der Waals surface area contributed by atoms with Crippen LogP contribution in [0, 0.1) is 46.3 Å². The molecule has 0 aromatic heterocycles. The Hall–Kier alpha value is -0.680. The van der Waals surface area contributed by atoms with Gasteiger partial charge in [-0.05, 0) is 111 Å². The van der Waals surface area contributed by atoms with E-state index < -0.39 is 105 Å². The van der Waals surface area contributed by atoms with Crippen LogP contribution in [0.3, 0.4) is 0 Å². The Labute approximate surface area is 357 Å². The Kier molecular flexibility index (Phi) is 12.8. The van der Waals surface area contributed by atoms with E-state index in [1.165, 1.54) is 19.8 Å². The predicted molar refractivity (Wildman–Crippen MR) is 210 cm³/mol. The minimum Gasteiger partial charge on any atom is -0.394 e. The summed E-state index contributed by atoms with van der Waals surface area (Å²) in [5.41, 5.74) is 0.397. The fraction of sp³-hybridized carbons (Fsp3) is 1.00. The van der Waals surface area contributed by atoms with Gasteiger partial charge < -0.3 is 83.9 Å². The van der Waals surface area contributed by atoms with Gasteiger partial charge in [-0.3, -0.25) is 0 Å². The first-order valence-electron chi connectivity index (χ1n) is 23.2. The first kappa shape index (κ1) is 45.5. The molecule has 26 atom stereocenters. The quantitative estimate of drug-likeness (QED) is 0.146. The lowest BCUT2D eigenvalue weighted by Crippen LogP contribution is -2.66. The largest absolute Gasteiger partial charge is 0.394 e. The second-order valence-corrected chi connectivity index (χ2v) is 21.1. The average molecular weight is 873 g/mol. The van der Waals surface area contributed by atoms with Gasteiger partial charge in [0, 0.05) is 12.8 Å². The van der Waals surface area contributed by atoms with Crippen LogP contribution >= 0.6 is 0 Å². The summed E-state index contributed by atoms with van der Waals surface area (Å²) in [4.78, 5) is 0. The van der Waals surface area contributed by atoms with Crippen molar-refractivity contribution in [3.63, 3.8) is 0 Å². The van der Waals surface area contributed by atoms with Gasteiger partial charge in [0.15, 0.2) is 24.7 Å². The van der Waals surface area contributed by atoms with Crippen LogP contribution in [0.25, 0.3) is 0 Å². The molecule has 0 aromatic carbocycles. The van der Waals surface area contributed by atoms with Crippen molar-refractivity contribution in [2.24, 2.45) is 46.3 Å². The van der Waals surface area contributed by atoms with E-state index in [4.69, 9.17) is 37.9 Å². The van der Waals surface area contributed by atoms with Crippen LogP contribution in [0.1, 0.15) is 98.3 Å². The Morgan fingerprint density at radius 3 is 1.92 bits per heavy atom. The van der Waals surface area contributed by atoms with Gasteiger partial charge in [-0.2, -0.15) is 0 Å². The maximum Gasteiger partial charge on any atom is 0.187 e. The van der Waals surface area contributed by atoms with Crippen molar-refractivity contribution in [1.82, 2.24) is 0 Å². The molecule has 5 aliphatic heterocycles. The second kappa shape index (κ2) is 17.2. The van der Waals surface area contributed by atoms with Crippen molar-refractivity contribution in [3.05, 3.63) is 0 Å². The summed E-state index contributed by atoms with van der Waals surface area (Å²) in [6.45, 7) is 8.32. The van der Waals surface area contributed by atoms with Gasteiger partial charge in [-0.1, -0.05) is 20.8 Å². The van der Waals surface area contributed by atoms with Gasteiger partial charge in [-0.15, -0.1) is 0 Å². The summed E-state index contributed by atoms with van der Waals surface area (Å²) in [5, 5.41) is 95.3. The molecule has 1 spiro atoms. The van der Waals surface area contributed by atoms with Crippen LogP contribution in [0.4, 0.5) is 0 Å². The molecule has 0 radical (unpaired) electrons. The molecule has 9 N–H and O–H groups in total. The molecular weight excluding hydrogens is 800 g/mol. The van der Waals surface area contributed by atoms with E-state index in [9.17, 15) is 46.0 Å². The first-order chi connectivity index (χ1) is 29.0. The molecule has 9 fully saturated rings. The summed E-state index contributed by atoms with van der Waals surface area (Å²) in [5.74, 6) is 3.05. The molecule has 0 aromatic rings. The molecule has 0 amide bonds. The maximum absolute atomic E-state index is 11.4.